The van der Waals surface area contributed by atoms with Crippen molar-refractivity contribution in [2.75, 3.05) is 0 Å². The van der Waals surface area contributed by atoms with E-state index >= 15 is 0 Å². The molecule has 0 fully saturated rings. The lowest BCUT2D eigenvalue weighted by molar-refractivity contribution is -0.113. The van der Waals surface area contributed by atoms with Crippen LogP contribution in [-0.2, 0) is 4.79 Å². The van der Waals surface area contributed by atoms with Crippen molar-refractivity contribution in [1.29, 1.82) is 0 Å². The maximum atomic E-state index is 11.2. The summed E-state index contributed by atoms with van der Waals surface area (Å²) in [7, 11) is 0. The molecular weight excluding hydrogens is 160 g/mol. The highest BCUT2D eigenvalue weighted by molar-refractivity contribution is 5.95. The van der Waals surface area contributed by atoms with Gasteiger partial charge in [-0.05, 0) is 33.1 Å². The fourth-order valence-electron chi connectivity index (χ4n) is 0.855. The first-order chi connectivity index (χ1) is 5.95. The molecule has 0 aliphatic carbocycles. The van der Waals surface area contributed by atoms with Gasteiger partial charge in [-0.3, -0.25) is 4.79 Å². The first-order valence-corrected chi connectivity index (χ1v) is 5.01. The highest BCUT2D eigenvalue weighted by Gasteiger charge is 2.04. The maximum Gasteiger partial charge on any atom is 0.205 e. The second kappa shape index (κ2) is 5.80. The van der Waals surface area contributed by atoms with E-state index in [0.717, 1.165) is 19.3 Å². The summed E-state index contributed by atoms with van der Waals surface area (Å²) in [5, 5.41) is 0. The number of hydrogen-bond donors (Lipinski definition) is 0. The molecule has 0 aliphatic heterocycles. The van der Waals surface area contributed by atoms with Gasteiger partial charge < -0.3 is 0 Å². The number of rotatable bonds is 4. The summed E-state index contributed by atoms with van der Waals surface area (Å²) in [4.78, 5) is 11.2. The number of ketones is 1. The molecule has 0 radical (unpaired) electrons. The van der Waals surface area contributed by atoms with E-state index in [1.165, 1.54) is 0 Å². The normalized spacial score (nSPS) is 10.5. The van der Waals surface area contributed by atoms with Crippen LogP contribution in [-0.4, -0.2) is 5.78 Å². The quantitative estimate of drug-likeness (QED) is 0.369. The lowest BCUT2D eigenvalue weighted by atomic mass is 9.97. The zero-order valence-electron chi connectivity index (χ0n) is 9.24. The van der Waals surface area contributed by atoms with E-state index in [9.17, 15) is 4.79 Å². The molecule has 1 heteroatoms. The van der Waals surface area contributed by atoms with Crippen LogP contribution in [0.3, 0.4) is 0 Å². The van der Waals surface area contributed by atoms with Crippen LogP contribution in [0, 0.1) is 17.3 Å². The summed E-state index contributed by atoms with van der Waals surface area (Å²) in [5.74, 6) is 5.73. The topological polar surface area (TPSA) is 17.1 Å². The van der Waals surface area contributed by atoms with Gasteiger partial charge >= 0.3 is 0 Å². The van der Waals surface area contributed by atoms with E-state index in [0.29, 0.717) is 6.42 Å². The average molecular weight is 180 g/mol. The Balaban J connectivity index is 3.78. The van der Waals surface area contributed by atoms with Gasteiger partial charge in [0.2, 0.25) is 5.78 Å². The smallest absolute Gasteiger partial charge is 0.205 e. The molecule has 0 saturated heterocycles. The second-order valence-electron chi connectivity index (χ2n) is 4.38. The molecule has 74 valence electrons. The van der Waals surface area contributed by atoms with E-state index < -0.39 is 0 Å². The minimum absolute atomic E-state index is 0.0551. The predicted molar refractivity (Wildman–Crippen MR) is 56.4 cm³/mol. The lowest BCUT2D eigenvalue weighted by Gasteiger charge is -2.06. The van der Waals surface area contributed by atoms with Gasteiger partial charge in [0.25, 0.3) is 0 Å². The number of unbranched alkanes of at least 4 members (excludes halogenated alkanes) is 2. The standard InChI is InChI=1S/C12H20O/c1-5-6-7-8-11(13)9-10-12(2,3)4/h5-8H2,1-4H3. The van der Waals surface area contributed by atoms with Crippen LogP contribution < -0.4 is 0 Å². The monoisotopic (exact) mass is 180 g/mol. The van der Waals surface area contributed by atoms with Gasteiger partial charge in [0, 0.05) is 11.8 Å². The van der Waals surface area contributed by atoms with Crippen molar-refractivity contribution in [2.24, 2.45) is 5.41 Å². The van der Waals surface area contributed by atoms with Crippen LogP contribution >= 0.6 is 0 Å². The van der Waals surface area contributed by atoms with Gasteiger partial charge in [-0.1, -0.05) is 25.7 Å². The third-order valence-electron chi connectivity index (χ3n) is 1.58. The van der Waals surface area contributed by atoms with Gasteiger partial charge in [0.05, 0.1) is 0 Å². The zero-order valence-corrected chi connectivity index (χ0v) is 9.24. The maximum absolute atomic E-state index is 11.2. The molecule has 0 bridgehead atoms. The summed E-state index contributed by atoms with van der Waals surface area (Å²) in [5.41, 5.74) is -0.0551. The molecule has 13 heavy (non-hydrogen) atoms. The van der Waals surface area contributed by atoms with Gasteiger partial charge in [-0.15, -0.1) is 0 Å². The molecule has 0 aromatic rings. The van der Waals surface area contributed by atoms with Gasteiger partial charge in [-0.2, -0.15) is 0 Å². The van der Waals surface area contributed by atoms with E-state index in [1.54, 1.807) is 0 Å². The van der Waals surface area contributed by atoms with Crippen LogP contribution in [0.4, 0.5) is 0 Å². The molecule has 0 saturated carbocycles. The molecule has 0 aromatic heterocycles. The second-order valence-corrected chi connectivity index (χ2v) is 4.38. The molecule has 0 spiro atoms. The van der Waals surface area contributed by atoms with E-state index in [1.807, 2.05) is 20.8 Å². The fraction of sp³-hybridized carbons (Fsp3) is 0.750. The van der Waals surface area contributed by atoms with Gasteiger partial charge in [-0.25, -0.2) is 0 Å². The molecule has 0 atom stereocenters. The van der Waals surface area contributed by atoms with Crippen molar-refractivity contribution in [3.63, 3.8) is 0 Å². The van der Waals surface area contributed by atoms with Crippen molar-refractivity contribution < 1.29 is 4.79 Å². The van der Waals surface area contributed by atoms with E-state index in [4.69, 9.17) is 0 Å². The number of hydrogen-bond acceptors (Lipinski definition) is 1. The first kappa shape index (κ1) is 12.2. The largest absolute Gasteiger partial charge is 0.285 e. The van der Waals surface area contributed by atoms with Crippen molar-refractivity contribution >= 4 is 5.78 Å². The predicted octanol–water partition coefficient (Wildman–Crippen LogP) is 3.19. The average Bonchev–Trinajstić information content (AvgIpc) is 2.00. The summed E-state index contributed by atoms with van der Waals surface area (Å²) < 4.78 is 0. The summed E-state index contributed by atoms with van der Waals surface area (Å²) in [6.45, 7) is 8.17. The molecule has 0 N–H and O–H groups in total. The summed E-state index contributed by atoms with van der Waals surface area (Å²) in [6.07, 6.45) is 3.88. The molecule has 0 heterocycles. The Morgan fingerprint density at radius 3 is 2.31 bits per heavy atom. The minimum atomic E-state index is -0.0551. The Morgan fingerprint density at radius 2 is 1.85 bits per heavy atom. The third-order valence-corrected chi connectivity index (χ3v) is 1.58. The Labute approximate surface area is 81.9 Å². The van der Waals surface area contributed by atoms with Gasteiger partial charge in [0.1, 0.15) is 0 Å². The van der Waals surface area contributed by atoms with Gasteiger partial charge in [0.15, 0.2) is 0 Å². The fourth-order valence-corrected chi connectivity index (χ4v) is 0.855. The molecular formula is C12H20O. The summed E-state index contributed by atoms with van der Waals surface area (Å²) >= 11 is 0. The molecule has 0 amide bonds. The van der Waals surface area contributed by atoms with Crippen molar-refractivity contribution in [3.05, 3.63) is 0 Å². The van der Waals surface area contributed by atoms with Crippen molar-refractivity contribution in [2.45, 2.75) is 53.4 Å². The Morgan fingerprint density at radius 1 is 1.23 bits per heavy atom. The molecule has 1 nitrogen and oxygen atoms in total. The third kappa shape index (κ3) is 9.14. The number of Topliss-reactive ketones (excluding diaryl/α,β-unsaturated/α-hetero) is 1. The Kier molecular flexibility index (Phi) is 5.46. The highest BCUT2D eigenvalue weighted by atomic mass is 16.1. The summed E-state index contributed by atoms with van der Waals surface area (Å²) in [6, 6.07) is 0. The minimum Gasteiger partial charge on any atom is -0.285 e. The Hall–Kier alpha value is -0.770. The zero-order chi connectivity index (χ0) is 10.3. The lowest BCUT2D eigenvalue weighted by Crippen LogP contribution is -2.02. The van der Waals surface area contributed by atoms with Crippen molar-refractivity contribution in [3.8, 4) is 11.8 Å². The number of carbonyl (C=O) groups excluding carboxylic acids is 1. The van der Waals surface area contributed by atoms with Crippen molar-refractivity contribution in [1.82, 2.24) is 0 Å². The molecule has 0 aromatic carbocycles. The molecule has 0 aliphatic rings. The van der Waals surface area contributed by atoms with Crippen LogP contribution in [0.15, 0.2) is 0 Å². The highest BCUT2D eigenvalue weighted by Crippen LogP contribution is 2.09. The molecule has 0 rings (SSSR count). The van der Waals surface area contributed by atoms with Crippen LogP contribution in [0.5, 0.6) is 0 Å². The van der Waals surface area contributed by atoms with E-state index in [-0.39, 0.29) is 11.2 Å². The van der Waals surface area contributed by atoms with Crippen LogP contribution in [0.1, 0.15) is 53.4 Å². The molecule has 0 unspecified atom stereocenters. The van der Waals surface area contributed by atoms with Crippen LogP contribution in [0.2, 0.25) is 0 Å². The first-order valence-electron chi connectivity index (χ1n) is 5.01. The van der Waals surface area contributed by atoms with E-state index in [2.05, 4.69) is 18.8 Å². The Bertz CT molecular complexity index is 210. The van der Waals surface area contributed by atoms with Crippen LogP contribution in [0.25, 0.3) is 0 Å². The number of carbonyl (C=O) groups is 1. The SMILES string of the molecule is CCCCCC(=O)C#CC(C)(C)C.